The number of nitrogens with zero attached hydrogens (tertiary/aromatic N) is 3. The fourth-order valence-corrected chi connectivity index (χ4v) is 3.40. The predicted molar refractivity (Wildman–Crippen MR) is 81.4 cm³/mol. The van der Waals surface area contributed by atoms with Gasteiger partial charge in [0, 0.05) is 38.8 Å². The molecule has 0 bridgehead atoms. The molecule has 0 aliphatic carbocycles. The first-order chi connectivity index (χ1) is 9.56. The fourth-order valence-electron chi connectivity index (χ4n) is 3.40. The number of aromatic nitrogens is 2. The first kappa shape index (κ1) is 13.4. The van der Waals surface area contributed by atoms with Crippen molar-refractivity contribution in [3.63, 3.8) is 0 Å². The SMILES string of the molecule is Cn1nccc1CN1C[C@@H](c2ccccc2)C(C)(C)C1. The van der Waals surface area contributed by atoms with Crippen molar-refractivity contribution in [1.82, 2.24) is 14.7 Å². The van der Waals surface area contributed by atoms with E-state index in [1.54, 1.807) is 0 Å². The van der Waals surface area contributed by atoms with Crippen LogP contribution in [0.3, 0.4) is 0 Å². The number of benzene rings is 1. The quantitative estimate of drug-likeness (QED) is 0.854. The summed E-state index contributed by atoms with van der Waals surface area (Å²) in [6.45, 7) is 8.02. The molecule has 3 heteroatoms. The minimum atomic E-state index is 0.319. The molecule has 0 unspecified atom stereocenters. The molecule has 1 aromatic heterocycles. The van der Waals surface area contributed by atoms with Gasteiger partial charge in [-0.1, -0.05) is 44.2 Å². The van der Waals surface area contributed by atoms with Crippen molar-refractivity contribution in [1.29, 1.82) is 0 Å². The molecule has 3 nitrogen and oxygen atoms in total. The lowest BCUT2D eigenvalue weighted by Gasteiger charge is -2.26. The standard InChI is InChI=1S/C17H23N3/c1-17(2)13-20(11-15-9-10-18-19(15)3)12-16(17)14-7-5-4-6-8-14/h4-10,16H,11-13H2,1-3H3/t16-/m0/s1. The van der Waals surface area contributed by atoms with Gasteiger partial charge in [0.1, 0.15) is 0 Å². The van der Waals surface area contributed by atoms with E-state index >= 15 is 0 Å². The highest BCUT2D eigenvalue weighted by atomic mass is 15.3. The number of likely N-dealkylation sites (tertiary alicyclic amines) is 1. The van der Waals surface area contributed by atoms with Crippen molar-refractivity contribution in [2.45, 2.75) is 26.3 Å². The molecule has 0 N–H and O–H groups in total. The minimum Gasteiger partial charge on any atom is -0.296 e. The summed E-state index contributed by atoms with van der Waals surface area (Å²) in [6, 6.07) is 13.0. The average Bonchev–Trinajstić information content (AvgIpc) is 2.94. The Morgan fingerprint density at radius 2 is 1.95 bits per heavy atom. The smallest absolute Gasteiger partial charge is 0.0521 e. The highest BCUT2D eigenvalue weighted by Gasteiger charge is 2.39. The topological polar surface area (TPSA) is 21.1 Å². The van der Waals surface area contributed by atoms with E-state index in [0.717, 1.165) is 19.6 Å². The number of aryl methyl sites for hydroxylation is 1. The second kappa shape index (κ2) is 5.06. The zero-order chi connectivity index (χ0) is 14.2. The largest absolute Gasteiger partial charge is 0.296 e. The van der Waals surface area contributed by atoms with Crippen LogP contribution in [0, 0.1) is 5.41 Å². The van der Waals surface area contributed by atoms with Crippen molar-refractivity contribution in [2.24, 2.45) is 12.5 Å². The second-order valence-corrected chi connectivity index (χ2v) is 6.57. The molecular formula is C17H23N3. The molecule has 2 aromatic rings. The van der Waals surface area contributed by atoms with Gasteiger partial charge in [-0.05, 0) is 17.0 Å². The van der Waals surface area contributed by atoms with Crippen LogP contribution in [0.15, 0.2) is 42.6 Å². The van der Waals surface area contributed by atoms with Gasteiger partial charge in [-0.15, -0.1) is 0 Å². The Morgan fingerprint density at radius 3 is 2.60 bits per heavy atom. The van der Waals surface area contributed by atoms with Gasteiger partial charge < -0.3 is 0 Å². The highest BCUT2D eigenvalue weighted by Crippen LogP contribution is 2.42. The first-order valence-corrected chi connectivity index (χ1v) is 7.30. The predicted octanol–water partition coefficient (Wildman–Crippen LogP) is 3.05. The summed E-state index contributed by atoms with van der Waals surface area (Å²) in [7, 11) is 2.02. The molecule has 1 saturated heterocycles. The monoisotopic (exact) mass is 269 g/mol. The Labute approximate surface area is 121 Å². The molecule has 1 aliphatic heterocycles. The van der Waals surface area contributed by atoms with E-state index in [9.17, 15) is 0 Å². The lowest BCUT2D eigenvalue weighted by molar-refractivity contribution is 0.276. The van der Waals surface area contributed by atoms with Crippen molar-refractivity contribution in [3.8, 4) is 0 Å². The summed E-state index contributed by atoms with van der Waals surface area (Å²) >= 11 is 0. The van der Waals surface area contributed by atoms with Crippen LogP contribution in [-0.4, -0.2) is 27.8 Å². The Kier molecular flexibility index (Phi) is 3.38. The molecule has 0 amide bonds. The molecule has 1 atom stereocenters. The van der Waals surface area contributed by atoms with Gasteiger partial charge in [-0.2, -0.15) is 5.10 Å². The average molecular weight is 269 g/mol. The van der Waals surface area contributed by atoms with E-state index in [2.05, 4.69) is 60.2 Å². The summed E-state index contributed by atoms with van der Waals surface area (Å²) in [5.74, 6) is 0.608. The van der Waals surface area contributed by atoms with Crippen LogP contribution in [0.5, 0.6) is 0 Å². The van der Waals surface area contributed by atoms with E-state index in [0.29, 0.717) is 11.3 Å². The van der Waals surface area contributed by atoms with E-state index in [1.165, 1.54) is 11.3 Å². The Hall–Kier alpha value is -1.61. The third-order valence-electron chi connectivity index (χ3n) is 4.53. The fraction of sp³-hybridized carbons (Fsp3) is 0.471. The molecule has 0 saturated carbocycles. The van der Waals surface area contributed by atoms with Crippen LogP contribution in [0.25, 0.3) is 0 Å². The minimum absolute atomic E-state index is 0.319. The molecule has 0 radical (unpaired) electrons. The van der Waals surface area contributed by atoms with Gasteiger partial charge in [0.25, 0.3) is 0 Å². The molecule has 2 heterocycles. The molecular weight excluding hydrogens is 246 g/mol. The van der Waals surface area contributed by atoms with Gasteiger partial charge in [0.05, 0.1) is 5.69 Å². The number of rotatable bonds is 3. The molecule has 1 fully saturated rings. The molecule has 1 aromatic carbocycles. The van der Waals surface area contributed by atoms with Crippen molar-refractivity contribution < 1.29 is 0 Å². The van der Waals surface area contributed by atoms with Crippen molar-refractivity contribution >= 4 is 0 Å². The Morgan fingerprint density at radius 1 is 1.20 bits per heavy atom. The third-order valence-corrected chi connectivity index (χ3v) is 4.53. The van der Waals surface area contributed by atoms with Crippen LogP contribution in [0.2, 0.25) is 0 Å². The van der Waals surface area contributed by atoms with E-state index < -0.39 is 0 Å². The zero-order valence-electron chi connectivity index (χ0n) is 12.6. The summed E-state index contributed by atoms with van der Waals surface area (Å²) < 4.78 is 1.98. The third kappa shape index (κ3) is 2.50. The molecule has 1 aliphatic rings. The van der Waals surface area contributed by atoms with Crippen molar-refractivity contribution in [2.75, 3.05) is 13.1 Å². The molecule has 106 valence electrons. The van der Waals surface area contributed by atoms with Gasteiger partial charge >= 0.3 is 0 Å². The zero-order valence-corrected chi connectivity index (χ0v) is 12.6. The lowest BCUT2D eigenvalue weighted by Crippen LogP contribution is -2.24. The Balaban J connectivity index is 1.77. The van der Waals surface area contributed by atoms with Crippen LogP contribution < -0.4 is 0 Å². The van der Waals surface area contributed by atoms with Crippen molar-refractivity contribution in [3.05, 3.63) is 53.9 Å². The van der Waals surface area contributed by atoms with Crippen LogP contribution in [0.1, 0.15) is 31.0 Å². The van der Waals surface area contributed by atoms with E-state index in [4.69, 9.17) is 0 Å². The van der Waals surface area contributed by atoms with Crippen LogP contribution in [-0.2, 0) is 13.6 Å². The Bertz CT molecular complexity index is 571. The molecule has 3 rings (SSSR count). The van der Waals surface area contributed by atoms with Gasteiger partial charge in [0.2, 0.25) is 0 Å². The first-order valence-electron chi connectivity index (χ1n) is 7.30. The maximum Gasteiger partial charge on any atom is 0.0521 e. The highest BCUT2D eigenvalue weighted by molar-refractivity contribution is 5.24. The van der Waals surface area contributed by atoms with Crippen LogP contribution >= 0.6 is 0 Å². The number of hydrogen-bond donors (Lipinski definition) is 0. The molecule has 0 spiro atoms. The maximum absolute atomic E-state index is 4.26. The normalized spacial score (nSPS) is 22.2. The summed E-state index contributed by atoms with van der Waals surface area (Å²) in [4.78, 5) is 2.55. The summed E-state index contributed by atoms with van der Waals surface area (Å²) in [5, 5.41) is 4.26. The van der Waals surface area contributed by atoms with Gasteiger partial charge in [0.15, 0.2) is 0 Å². The second-order valence-electron chi connectivity index (χ2n) is 6.57. The van der Waals surface area contributed by atoms with Gasteiger partial charge in [-0.3, -0.25) is 9.58 Å². The van der Waals surface area contributed by atoms with Crippen LogP contribution in [0.4, 0.5) is 0 Å². The lowest BCUT2D eigenvalue weighted by atomic mass is 9.78. The van der Waals surface area contributed by atoms with E-state index in [1.807, 2.05) is 17.9 Å². The van der Waals surface area contributed by atoms with E-state index in [-0.39, 0.29) is 0 Å². The summed E-state index contributed by atoms with van der Waals surface area (Å²) in [5.41, 5.74) is 3.07. The molecule has 20 heavy (non-hydrogen) atoms. The summed E-state index contributed by atoms with van der Waals surface area (Å²) in [6.07, 6.45) is 1.88. The number of hydrogen-bond acceptors (Lipinski definition) is 2. The van der Waals surface area contributed by atoms with Gasteiger partial charge in [-0.25, -0.2) is 0 Å². The maximum atomic E-state index is 4.26.